The number of benzene rings is 1. The number of halogens is 4. The summed E-state index contributed by atoms with van der Waals surface area (Å²) in [5.41, 5.74) is -1.68. The first-order valence-electron chi connectivity index (χ1n) is 6.08. The Kier molecular flexibility index (Phi) is 5.50. The quantitative estimate of drug-likeness (QED) is 0.848. The van der Waals surface area contributed by atoms with Crippen molar-refractivity contribution in [3.63, 3.8) is 0 Å². The minimum Gasteiger partial charge on any atom is -0.396 e. The van der Waals surface area contributed by atoms with Crippen molar-refractivity contribution < 1.29 is 27.5 Å². The lowest BCUT2D eigenvalue weighted by atomic mass is 10.1. The second kappa shape index (κ2) is 6.69. The van der Waals surface area contributed by atoms with Crippen LogP contribution in [0.3, 0.4) is 0 Å². The molecule has 0 bridgehead atoms. The number of hydrogen-bond acceptors (Lipinski definition) is 2. The van der Waals surface area contributed by atoms with Gasteiger partial charge >= 0.3 is 6.18 Å². The highest BCUT2D eigenvalue weighted by Gasteiger charge is 2.35. The summed E-state index contributed by atoms with van der Waals surface area (Å²) >= 11 is 0. The first-order chi connectivity index (χ1) is 9.31. The van der Waals surface area contributed by atoms with Gasteiger partial charge in [-0.05, 0) is 31.5 Å². The van der Waals surface area contributed by atoms with Gasteiger partial charge in [0, 0.05) is 25.3 Å². The molecule has 0 radical (unpaired) electrons. The lowest BCUT2D eigenvalue weighted by molar-refractivity contribution is -0.140. The van der Waals surface area contributed by atoms with E-state index in [1.807, 2.05) is 0 Å². The summed E-state index contributed by atoms with van der Waals surface area (Å²) in [6.07, 6.45) is -4.52. The van der Waals surface area contributed by atoms with Crippen LogP contribution in [-0.4, -0.2) is 35.6 Å². The van der Waals surface area contributed by atoms with Crippen LogP contribution in [0.4, 0.5) is 17.6 Å². The number of nitrogens with zero attached hydrogens (tertiary/aromatic N) is 1. The molecule has 112 valence electrons. The van der Waals surface area contributed by atoms with Gasteiger partial charge in [0.2, 0.25) is 0 Å². The zero-order valence-electron chi connectivity index (χ0n) is 10.9. The van der Waals surface area contributed by atoms with Crippen molar-refractivity contribution in [3.8, 4) is 0 Å². The van der Waals surface area contributed by atoms with Gasteiger partial charge in [-0.3, -0.25) is 4.79 Å². The van der Waals surface area contributed by atoms with Crippen molar-refractivity contribution in [3.05, 3.63) is 35.1 Å². The number of alkyl halides is 3. The van der Waals surface area contributed by atoms with Crippen LogP contribution in [0, 0.1) is 5.82 Å². The van der Waals surface area contributed by atoms with E-state index in [0.29, 0.717) is 18.6 Å². The fourth-order valence-corrected chi connectivity index (χ4v) is 1.72. The van der Waals surface area contributed by atoms with E-state index in [-0.39, 0.29) is 25.3 Å². The molecule has 0 unspecified atom stereocenters. The van der Waals surface area contributed by atoms with E-state index in [9.17, 15) is 22.4 Å². The molecule has 0 heterocycles. The van der Waals surface area contributed by atoms with E-state index in [2.05, 4.69) is 0 Å². The van der Waals surface area contributed by atoms with Gasteiger partial charge < -0.3 is 10.0 Å². The molecule has 1 aromatic carbocycles. The number of amides is 1. The average Bonchev–Trinajstić information content (AvgIpc) is 2.38. The van der Waals surface area contributed by atoms with Gasteiger partial charge in [-0.15, -0.1) is 0 Å². The Morgan fingerprint density at radius 1 is 1.35 bits per heavy atom. The Labute approximate surface area is 113 Å². The third-order valence-electron chi connectivity index (χ3n) is 2.77. The lowest BCUT2D eigenvalue weighted by Crippen LogP contribution is -2.32. The molecule has 0 saturated heterocycles. The first kappa shape index (κ1) is 16.4. The third-order valence-corrected chi connectivity index (χ3v) is 2.77. The van der Waals surface area contributed by atoms with Crippen LogP contribution >= 0.6 is 0 Å². The minimum absolute atomic E-state index is 0.124. The molecule has 0 aliphatic heterocycles. The number of rotatable bonds is 5. The van der Waals surface area contributed by atoms with Crippen molar-refractivity contribution in [1.82, 2.24) is 4.90 Å². The summed E-state index contributed by atoms with van der Waals surface area (Å²) in [7, 11) is 0. The van der Waals surface area contributed by atoms with Crippen LogP contribution in [0.25, 0.3) is 0 Å². The fourth-order valence-electron chi connectivity index (χ4n) is 1.72. The van der Waals surface area contributed by atoms with Gasteiger partial charge in [0.15, 0.2) is 0 Å². The zero-order valence-corrected chi connectivity index (χ0v) is 10.9. The third kappa shape index (κ3) is 3.93. The Morgan fingerprint density at radius 3 is 2.50 bits per heavy atom. The Bertz CT molecular complexity index is 474. The topological polar surface area (TPSA) is 40.5 Å². The molecule has 1 rings (SSSR count). The summed E-state index contributed by atoms with van der Waals surface area (Å²) in [5, 5.41) is 8.71. The van der Waals surface area contributed by atoms with Gasteiger partial charge in [-0.1, -0.05) is 0 Å². The molecule has 1 amide bonds. The molecule has 0 atom stereocenters. The van der Waals surface area contributed by atoms with Crippen molar-refractivity contribution in [2.45, 2.75) is 19.5 Å². The molecule has 0 aromatic heterocycles. The van der Waals surface area contributed by atoms with Crippen molar-refractivity contribution >= 4 is 5.91 Å². The molecular formula is C13H15F4NO2. The first-order valence-corrected chi connectivity index (χ1v) is 6.08. The fraction of sp³-hybridized carbons (Fsp3) is 0.462. The monoisotopic (exact) mass is 293 g/mol. The average molecular weight is 293 g/mol. The summed E-state index contributed by atoms with van der Waals surface area (Å²) in [6, 6.07) is 2.17. The molecule has 0 aliphatic rings. The van der Waals surface area contributed by atoms with Crippen LogP contribution < -0.4 is 0 Å². The maximum Gasteiger partial charge on any atom is 0.419 e. The molecule has 20 heavy (non-hydrogen) atoms. The smallest absolute Gasteiger partial charge is 0.396 e. The van der Waals surface area contributed by atoms with Gasteiger partial charge in [0.05, 0.1) is 5.56 Å². The molecular weight excluding hydrogens is 278 g/mol. The normalized spacial score (nSPS) is 11.5. The number of carbonyl (C=O) groups is 1. The van der Waals surface area contributed by atoms with Crippen molar-refractivity contribution in [1.29, 1.82) is 0 Å². The number of carbonyl (C=O) groups excluding carboxylic acids is 1. The molecule has 3 nitrogen and oxygen atoms in total. The molecule has 1 N–H and O–H groups in total. The maximum atomic E-state index is 13.1. The number of aliphatic hydroxyl groups excluding tert-OH is 1. The van der Waals surface area contributed by atoms with E-state index in [4.69, 9.17) is 5.11 Å². The second-order valence-corrected chi connectivity index (χ2v) is 4.15. The standard InChI is InChI=1S/C13H15F4NO2/c1-2-18(6-3-7-19)12(20)9-4-5-11(14)10(8-9)13(15,16)17/h4-5,8,19H,2-3,6-7H2,1H3. The summed E-state index contributed by atoms with van der Waals surface area (Å²) < 4.78 is 50.9. The van der Waals surface area contributed by atoms with Gasteiger partial charge in [0.25, 0.3) is 5.91 Å². The van der Waals surface area contributed by atoms with Gasteiger partial charge in [-0.2, -0.15) is 13.2 Å². The Hall–Kier alpha value is -1.63. The lowest BCUT2D eigenvalue weighted by Gasteiger charge is -2.21. The van der Waals surface area contributed by atoms with Gasteiger partial charge in [0.1, 0.15) is 5.82 Å². The van der Waals surface area contributed by atoms with E-state index in [0.717, 1.165) is 6.07 Å². The van der Waals surface area contributed by atoms with Crippen LogP contribution in [-0.2, 0) is 6.18 Å². The highest BCUT2D eigenvalue weighted by atomic mass is 19.4. The highest BCUT2D eigenvalue weighted by molar-refractivity contribution is 5.94. The van der Waals surface area contributed by atoms with Crippen LogP contribution in [0.2, 0.25) is 0 Å². The summed E-state index contributed by atoms with van der Waals surface area (Å²) in [4.78, 5) is 13.3. The van der Waals surface area contributed by atoms with E-state index >= 15 is 0 Å². The largest absolute Gasteiger partial charge is 0.419 e. The zero-order chi connectivity index (χ0) is 15.3. The number of hydrogen-bond donors (Lipinski definition) is 1. The van der Waals surface area contributed by atoms with Crippen LogP contribution in [0.15, 0.2) is 18.2 Å². The summed E-state index contributed by atoms with van der Waals surface area (Å²) in [5.74, 6) is -2.03. The van der Waals surface area contributed by atoms with Crippen LogP contribution in [0.5, 0.6) is 0 Å². The summed E-state index contributed by atoms with van der Waals surface area (Å²) in [6.45, 7) is 2.06. The molecule has 1 aromatic rings. The Balaban J connectivity index is 3.04. The molecule has 0 fully saturated rings. The maximum absolute atomic E-state index is 13.1. The minimum atomic E-state index is -4.84. The second-order valence-electron chi connectivity index (χ2n) is 4.15. The predicted octanol–water partition coefficient (Wildman–Crippen LogP) is 2.69. The van der Waals surface area contributed by atoms with E-state index in [1.165, 1.54) is 4.90 Å². The molecule has 0 spiro atoms. The predicted molar refractivity (Wildman–Crippen MR) is 64.7 cm³/mol. The molecule has 7 heteroatoms. The van der Waals surface area contributed by atoms with E-state index < -0.39 is 23.5 Å². The Morgan fingerprint density at radius 2 is 2.00 bits per heavy atom. The van der Waals surface area contributed by atoms with Crippen molar-refractivity contribution in [2.75, 3.05) is 19.7 Å². The molecule has 0 aliphatic carbocycles. The van der Waals surface area contributed by atoms with E-state index in [1.54, 1.807) is 6.92 Å². The highest BCUT2D eigenvalue weighted by Crippen LogP contribution is 2.32. The van der Waals surface area contributed by atoms with Crippen molar-refractivity contribution in [2.24, 2.45) is 0 Å². The molecule has 0 saturated carbocycles. The number of aliphatic hydroxyl groups is 1. The van der Waals surface area contributed by atoms with Crippen LogP contribution in [0.1, 0.15) is 29.3 Å². The SMILES string of the molecule is CCN(CCCO)C(=O)c1ccc(F)c(C(F)(F)F)c1. The van der Waals surface area contributed by atoms with Gasteiger partial charge in [-0.25, -0.2) is 4.39 Å².